The van der Waals surface area contributed by atoms with Gasteiger partial charge >= 0.3 is 0 Å². The summed E-state index contributed by atoms with van der Waals surface area (Å²) in [5.74, 6) is -2.03. The number of alkyl halides is 2. The number of aromatic nitrogens is 3. The number of hydrogen-bond acceptors (Lipinski definition) is 3. The van der Waals surface area contributed by atoms with E-state index in [0.29, 0.717) is 18.2 Å². The van der Waals surface area contributed by atoms with E-state index in [1.165, 1.54) is 4.90 Å². The lowest BCUT2D eigenvalue weighted by atomic mass is 10.1. The minimum Gasteiger partial charge on any atom is -0.326 e. The topological polar surface area (TPSA) is 51.0 Å². The average Bonchev–Trinajstić information content (AvgIpc) is 3.23. The lowest BCUT2D eigenvalue weighted by Gasteiger charge is -2.24. The molecule has 2 aliphatic rings. The smallest absolute Gasteiger partial charge is 0.267 e. The second-order valence-electron chi connectivity index (χ2n) is 7.72. The Labute approximate surface area is 157 Å². The van der Waals surface area contributed by atoms with Crippen molar-refractivity contribution in [2.45, 2.75) is 57.0 Å². The summed E-state index contributed by atoms with van der Waals surface area (Å²) >= 11 is 0. The Hall–Kier alpha value is -2.31. The molecule has 1 aliphatic carbocycles. The maximum absolute atomic E-state index is 14.1. The summed E-state index contributed by atoms with van der Waals surface area (Å²) in [5.41, 5.74) is 1.15. The number of hydrogen-bond donors (Lipinski definition) is 0. The lowest BCUT2D eigenvalue weighted by Crippen LogP contribution is -2.34. The zero-order valence-electron chi connectivity index (χ0n) is 15.2. The molecule has 0 bridgehead atoms. The predicted octanol–water partition coefficient (Wildman–Crippen LogP) is 3.62. The summed E-state index contributed by atoms with van der Waals surface area (Å²) in [6, 6.07) is 9.20. The molecular formula is C20H24F2N4O. The lowest BCUT2D eigenvalue weighted by molar-refractivity contribution is -0.133. The Kier molecular flexibility index (Phi) is 4.93. The molecule has 1 aromatic carbocycles. The van der Waals surface area contributed by atoms with Gasteiger partial charge in [-0.05, 0) is 37.2 Å². The van der Waals surface area contributed by atoms with E-state index in [0.717, 1.165) is 31.4 Å². The fraction of sp³-hybridized carbons (Fsp3) is 0.550. The van der Waals surface area contributed by atoms with Crippen molar-refractivity contribution >= 4 is 5.91 Å². The number of carbonyl (C=O) groups excluding carboxylic acids is 1. The van der Waals surface area contributed by atoms with E-state index < -0.39 is 18.5 Å². The first-order chi connectivity index (χ1) is 13.0. The van der Waals surface area contributed by atoms with Crippen LogP contribution in [-0.2, 0) is 17.8 Å². The molecule has 5 nitrogen and oxygen atoms in total. The summed E-state index contributed by atoms with van der Waals surface area (Å²) < 4.78 is 30.1. The number of likely N-dealkylation sites (tertiary alicyclic amines) is 1. The maximum atomic E-state index is 14.1. The molecule has 1 saturated carbocycles. The van der Waals surface area contributed by atoms with Crippen LogP contribution in [0.25, 0.3) is 0 Å². The van der Waals surface area contributed by atoms with E-state index in [1.54, 1.807) is 6.33 Å². The number of carbonyl (C=O) groups is 1. The summed E-state index contributed by atoms with van der Waals surface area (Å²) in [6.07, 6.45) is 5.20. The van der Waals surface area contributed by atoms with Crippen molar-refractivity contribution in [1.82, 2.24) is 19.7 Å². The van der Waals surface area contributed by atoms with E-state index in [1.807, 2.05) is 34.9 Å². The first-order valence-corrected chi connectivity index (χ1v) is 9.61. The molecule has 7 heteroatoms. The third kappa shape index (κ3) is 4.34. The van der Waals surface area contributed by atoms with Crippen LogP contribution in [0, 0.1) is 5.92 Å². The molecule has 2 fully saturated rings. The Morgan fingerprint density at radius 2 is 2.00 bits per heavy atom. The molecule has 144 valence electrons. The third-order valence-electron chi connectivity index (χ3n) is 5.38. The van der Waals surface area contributed by atoms with Gasteiger partial charge in [-0.25, -0.2) is 8.78 Å². The molecule has 0 unspecified atom stereocenters. The van der Waals surface area contributed by atoms with Gasteiger partial charge in [0.15, 0.2) is 5.82 Å². The molecule has 27 heavy (non-hydrogen) atoms. The van der Waals surface area contributed by atoms with Crippen LogP contribution < -0.4 is 0 Å². The SMILES string of the molecule is O=C(CCCc1ccccc1)N1CC(F)(F)C[C@H]1c1nncn1CC1CC1. The molecule has 2 heterocycles. The van der Waals surface area contributed by atoms with Gasteiger partial charge in [0, 0.05) is 19.4 Å². The van der Waals surface area contributed by atoms with Crippen LogP contribution in [-0.4, -0.2) is 38.0 Å². The molecule has 4 rings (SSSR count). The quantitative estimate of drug-likeness (QED) is 0.744. The van der Waals surface area contributed by atoms with Gasteiger partial charge in [-0.2, -0.15) is 0 Å². The van der Waals surface area contributed by atoms with Gasteiger partial charge in [0.05, 0.1) is 12.6 Å². The predicted molar refractivity (Wildman–Crippen MR) is 96.1 cm³/mol. The van der Waals surface area contributed by atoms with E-state index in [4.69, 9.17) is 0 Å². The zero-order valence-corrected chi connectivity index (χ0v) is 15.2. The standard InChI is InChI=1S/C20H24F2N4O/c21-20(22)11-17(19-24-23-14-25(19)12-16-9-10-16)26(13-20)18(27)8-4-7-15-5-2-1-3-6-15/h1-3,5-6,14,16-17H,4,7-13H2/t17-/m0/s1. The van der Waals surface area contributed by atoms with Crippen molar-refractivity contribution in [3.63, 3.8) is 0 Å². The van der Waals surface area contributed by atoms with Crippen LogP contribution in [0.2, 0.25) is 0 Å². The van der Waals surface area contributed by atoms with Crippen LogP contribution in [0.15, 0.2) is 36.7 Å². The summed E-state index contributed by atoms with van der Waals surface area (Å²) in [5, 5.41) is 8.01. The van der Waals surface area contributed by atoms with E-state index in [9.17, 15) is 13.6 Å². The minimum atomic E-state index is -2.88. The normalized spacial score (nSPS) is 21.6. The van der Waals surface area contributed by atoms with Crippen LogP contribution in [0.3, 0.4) is 0 Å². The van der Waals surface area contributed by atoms with E-state index >= 15 is 0 Å². The highest BCUT2D eigenvalue weighted by atomic mass is 19.3. The first-order valence-electron chi connectivity index (χ1n) is 9.61. The van der Waals surface area contributed by atoms with Gasteiger partial charge in [0.2, 0.25) is 5.91 Å². The highest BCUT2D eigenvalue weighted by Gasteiger charge is 2.49. The maximum Gasteiger partial charge on any atom is 0.267 e. The molecule has 0 N–H and O–H groups in total. The molecular weight excluding hydrogens is 350 g/mol. The van der Waals surface area contributed by atoms with Gasteiger partial charge in [-0.15, -0.1) is 10.2 Å². The number of rotatable bonds is 7. The summed E-state index contributed by atoms with van der Waals surface area (Å²) in [4.78, 5) is 14.0. The average molecular weight is 374 g/mol. The fourth-order valence-electron chi connectivity index (χ4n) is 3.78. The van der Waals surface area contributed by atoms with E-state index in [2.05, 4.69) is 10.2 Å². The van der Waals surface area contributed by atoms with Gasteiger partial charge in [0.1, 0.15) is 6.33 Å². The first kappa shape index (κ1) is 18.1. The molecule has 0 spiro atoms. The van der Waals surface area contributed by atoms with Gasteiger partial charge in [0.25, 0.3) is 5.92 Å². The number of aryl methyl sites for hydroxylation is 1. The molecule has 1 amide bonds. The number of amides is 1. The summed E-state index contributed by atoms with van der Waals surface area (Å²) in [6.45, 7) is 0.221. The molecule has 2 aromatic rings. The number of nitrogens with zero attached hydrogens (tertiary/aromatic N) is 4. The third-order valence-corrected chi connectivity index (χ3v) is 5.38. The Morgan fingerprint density at radius 3 is 2.74 bits per heavy atom. The van der Waals surface area contributed by atoms with Gasteiger partial charge in [-0.1, -0.05) is 30.3 Å². The Balaban J connectivity index is 1.43. The Morgan fingerprint density at radius 1 is 1.22 bits per heavy atom. The van der Waals surface area contributed by atoms with Crippen LogP contribution in [0.5, 0.6) is 0 Å². The number of benzene rings is 1. The fourth-order valence-corrected chi connectivity index (χ4v) is 3.78. The van der Waals surface area contributed by atoms with Crippen molar-refractivity contribution in [2.75, 3.05) is 6.54 Å². The number of halogens is 2. The van der Waals surface area contributed by atoms with Crippen LogP contribution in [0.4, 0.5) is 8.78 Å². The van der Waals surface area contributed by atoms with Crippen molar-refractivity contribution in [3.05, 3.63) is 48.0 Å². The summed E-state index contributed by atoms with van der Waals surface area (Å²) in [7, 11) is 0. The molecule has 1 aliphatic heterocycles. The van der Waals surface area contributed by atoms with Gasteiger partial charge in [-0.3, -0.25) is 4.79 Å². The molecule has 1 atom stereocenters. The van der Waals surface area contributed by atoms with Crippen molar-refractivity contribution in [2.24, 2.45) is 5.92 Å². The minimum absolute atomic E-state index is 0.228. The molecule has 1 saturated heterocycles. The van der Waals surface area contributed by atoms with E-state index in [-0.39, 0.29) is 18.7 Å². The highest BCUT2D eigenvalue weighted by molar-refractivity contribution is 5.77. The zero-order chi connectivity index (χ0) is 18.9. The monoisotopic (exact) mass is 374 g/mol. The van der Waals surface area contributed by atoms with Gasteiger partial charge < -0.3 is 9.47 Å². The van der Waals surface area contributed by atoms with Crippen LogP contribution >= 0.6 is 0 Å². The molecule has 1 aromatic heterocycles. The largest absolute Gasteiger partial charge is 0.326 e. The van der Waals surface area contributed by atoms with Crippen molar-refractivity contribution < 1.29 is 13.6 Å². The van der Waals surface area contributed by atoms with Crippen molar-refractivity contribution in [1.29, 1.82) is 0 Å². The molecule has 0 radical (unpaired) electrons. The van der Waals surface area contributed by atoms with Crippen LogP contribution in [0.1, 0.15) is 49.5 Å². The second-order valence-corrected chi connectivity index (χ2v) is 7.72. The highest BCUT2D eigenvalue weighted by Crippen LogP contribution is 2.41. The Bertz CT molecular complexity index is 788. The van der Waals surface area contributed by atoms with Crippen molar-refractivity contribution in [3.8, 4) is 0 Å². The second kappa shape index (κ2) is 7.37.